The van der Waals surface area contributed by atoms with E-state index in [9.17, 15) is 14.9 Å². The summed E-state index contributed by atoms with van der Waals surface area (Å²) in [5.41, 5.74) is 0.00801. The summed E-state index contributed by atoms with van der Waals surface area (Å²) in [4.78, 5) is 22.2. The molecule has 6 heteroatoms. The zero-order chi connectivity index (χ0) is 12.8. The van der Waals surface area contributed by atoms with Crippen molar-refractivity contribution in [1.82, 2.24) is 0 Å². The number of carbonyl (C=O) groups is 1. The zero-order valence-electron chi connectivity index (χ0n) is 9.58. The number of ether oxygens (including phenoxy) is 1. The third-order valence-corrected chi connectivity index (χ3v) is 3.13. The molecular formula is C11H13NO4S. The Balaban J connectivity index is 2.81. The quantitative estimate of drug-likeness (QED) is 0.350. The first-order valence-electron chi connectivity index (χ1n) is 5.13. The van der Waals surface area contributed by atoms with E-state index in [0.717, 1.165) is 11.8 Å². The lowest BCUT2D eigenvalue weighted by Gasteiger charge is -2.09. The number of esters is 1. The number of carbonyl (C=O) groups excluding carboxylic acids is 1. The third kappa shape index (κ3) is 3.74. The maximum atomic E-state index is 11.4. The molecule has 1 atom stereocenters. The number of nitro benzene ring substituents is 1. The molecule has 5 nitrogen and oxygen atoms in total. The lowest BCUT2D eigenvalue weighted by Crippen LogP contribution is -2.16. The van der Waals surface area contributed by atoms with E-state index in [1.807, 2.05) is 0 Å². The molecule has 0 radical (unpaired) electrons. The summed E-state index contributed by atoms with van der Waals surface area (Å²) in [6, 6.07) is 6.34. The molecule has 0 aliphatic heterocycles. The van der Waals surface area contributed by atoms with Crippen LogP contribution >= 0.6 is 11.8 Å². The van der Waals surface area contributed by atoms with Crippen LogP contribution in [0.5, 0.6) is 0 Å². The van der Waals surface area contributed by atoms with Crippen LogP contribution in [0.3, 0.4) is 0 Å². The van der Waals surface area contributed by atoms with E-state index in [1.54, 1.807) is 32.0 Å². The second kappa shape index (κ2) is 6.24. The molecule has 0 aliphatic rings. The van der Waals surface area contributed by atoms with Crippen molar-refractivity contribution >= 4 is 23.4 Å². The number of hydrogen-bond acceptors (Lipinski definition) is 5. The summed E-state index contributed by atoms with van der Waals surface area (Å²) in [6.45, 7) is 3.69. The number of thioether (sulfide) groups is 1. The first-order chi connectivity index (χ1) is 8.06. The molecule has 0 N–H and O–H groups in total. The van der Waals surface area contributed by atoms with Crippen molar-refractivity contribution in [2.75, 3.05) is 6.61 Å². The van der Waals surface area contributed by atoms with Crippen molar-refractivity contribution in [1.29, 1.82) is 0 Å². The molecule has 0 spiro atoms. The molecule has 17 heavy (non-hydrogen) atoms. The Morgan fingerprint density at radius 1 is 1.53 bits per heavy atom. The Hall–Kier alpha value is -1.56. The molecule has 1 aromatic carbocycles. The second-order valence-electron chi connectivity index (χ2n) is 3.24. The SMILES string of the molecule is CCOC(=O)C(C)Sc1ccccc1[N+](=O)[O-]. The van der Waals surface area contributed by atoms with Crippen LogP contribution in [0.25, 0.3) is 0 Å². The van der Waals surface area contributed by atoms with Crippen LogP contribution in [0.2, 0.25) is 0 Å². The zero-order valence-corrected chi connectivity index (χ0v) is 10.4. The average Bonchev–Trinajstić information content (AvgIpc) is 2.29. The minimum Gasteiger partial charge on any atom is -0.465 e. The third-order valence-electron chi connectivity index (χ3n) is 1.98. The normalized spacial score (nSPS) is 11.9. The van der Waals surface area contributed by atoms with E-state index in [1.165, 1.54) is 6.07 Å². The highest BCUT2D eigenvalue weighted by atomic mass is 32.2. The van der Waals surface area contributed by atoms with Gasteiger partial charge in [0.1, 0.15) is 5.25 Å². The molecule has 0 saturated heterocycles. The Morgan fingerprint density at radius 3 is 2.76 bits per heavy atom. The molecule has 0 bridgehead atoms. The minimum absolute atomic E-state index is 0.00801. The van der Waals surface area contributed by atoms with Crippen LogP contribution in [0.4, 0.5) is 5.69 Å². The van der Waals surface area contributed by atoms with Crippen LogP contribution in [-0.2, 0) is 9.53 Å². The molecule has 0 aliphatic carbocycles. The number of nitro groups is 1. The highest BCUT2D eigenvalue weighted by molar-refractivity contribution is 8.00. The molecule has 0 amide bonds. The summed E-state index contributed by atoms with van der Waals surface area (Å²) < 4.78 is 4.85. The van der Waals surface area contributed by atoms with Gasteiger partial charge >= 0.3 is 5.97 Å². The number of para-hydroxylation sites is 1. The van der Waals surface area contributed by atoms with Crippen molar-refractivity contribution in [3.63, 3.8) is 0 Å². The predicted molar refractivity (Wildman–Crippen MR) is 65.0 cm³/mol. The largest absolute Gasteiger partial charge is 0.465 e. The maximum Gasteiger partial charge on any atom is 0.319 e. The number of nitrogens with zero attached hydrogens (tertiary/aromatic N) is 1. The van der Waals surface area contributed by atoms with Gasteiger partial charge in [-0.25, -0.2) is 0 Å². The smallest absolute Gasteiger partial charge is 0.319 e. The topological polar surface area (TPSA) is 69.4 Å². The van der Waals surface area contributed by atoms with E-state index in [2.05, 4.69) is 0 Å². The summed E-state index contributed by atoms with van der Waals surface area (Å²) >= 11 is 1.13. The van der Waals surface area contributed by atoms with Crippen molar-refractivity contribution in [3.8, 4) is 0 Å². The van der Waals surface area contributed by atoms with E-state index in [-0.39, 0.29) is 11.7 Å². The fraction of sp³-hybridized carbons (Fsp3) is 0.364. The first kappa shape index (κ1) is 13.5. The Morgan fingerprint density at radius 2 is 2.18 bits per heavy atom. The van der Waals surface area contributed by atoms with E-state index in [4.69, 9.17) is 4.74 Å². The van der Waals surface area contributed by atoms with Crippen molar-refractivity contribution in [2.45, 2.75) is 24.0 Å². The molecule has 0 saturated carbocycles. The number of benzene rings is 1. The highest BCUT2D eigenvalue weighted by Gasteiger charge is 2.20. The van der Waals surface area contributed by atoms with Crippen molar-refractivity contribution in [3.05, 3.63) is 34.4 Å². The van der Waals surface area contributed by atoms with Gasteiger partial charge in [0, 0.05) is 6.07 Å². The van der Waals surface area contributed by atoms with Gasteiger partial charge in [-0.05, 0) is 19.9 Å². The van der Waals surface area contributed by atoms with Gasteiger partial charge in [0.15, 0.2) is 0 Å². The molecule has 0 aromatic heterocycles. The van der Waals surface area contributed by atoms with Crippen LogP contribution in [0.1, 0.15) is 13.8 Å². The Labute approximate surface area is 103 Å². The van der Waals surface area contributed by atoms with Crippen molar-refractivity contribution < 1.29 is 14.5 Å². The van der Waals surface area contributed by atoms with Gasteiger partial charge in [0.05, 0.1) is 16.4 Å². The Bertz CT molecular complexity index is 422. The van der Waals surface area contributed by atoms with E-state index < -0.39 is 10.2 Å². The molecule has 1 rings (SSSR count). The second-order valence-corrected chi connectivity index (χ2v) is 4.62. The van der Waals surface area contributed by atoms with Gasteiger partial charge in [-0.1, -0.05) is 12.1 Å². The minimum atomic E-state index is -0.462. The number of rotatable bonds is 5. The van der Waals surface area contributed by atoms with Gasteiger partial charge in [-0.2, -0.15) is 0 Å². The van der Waals surface area contributed by atoms with Gasteiger partial charge in [-0.3, -0.25) is 14.9 Å². The summed E-state index contributed by atoms with van der Waals surface area (Å²) in [5.74, 6) is -0.365. The summed E-state index contributed by atoms with van der Waals surface area (Å²) in [7, 11) is 0. The van der Waals surface area contributed by atoms with E-state index in [0.29, 0.717) is 11.5 Å². The fourth-order valence-corrected chi connectivity index (χ4v) is 2.17. The molecule has 92 valence electrons. The molecule has 0 fully saturated rings. The lowest BCUT2D eigenvalue weighted by atomic mass is 10.3. The van der Waals surface area contributed by atoms with Gasteiger partial charge in [-0.15, -0.1) is 11.8 Å². The molecule has 1 aromatic rings. The highest BCUT2D eigenvalue weighted by Crippen LogP contribution is 2.32. The van der Waals surface area contributed by atoms with Crippen LogP contribution in [0, 0.1) is 10.1 Å². The van der Waals surface area contributed by atoms with Crippen LogP contribution < -0.4 is 0 Å². The molecular weight excluding hydrogens is 242 g/mol. The number of hydrogen-bond donors (Lipinski definition) is 0. The lowest BCUT2D eigenvalue weighted by molar-refractivity contribution is -0.387. The maximum absolute atomic E-state index is 11.4. The fourth-order valence-electron chi connectivity index (χ4n) is 1.21. The summed E-state index contributed by atoms with van der Waals surface area (Å²) in [6.07, 6.45) is 0. The Kier molecular flexibility index (Phi) is 4.96. The average molecular weight is 255 g/mol. The monoisotopic (exact) mass is 255 g/mol. The van der Waals surface area contributed by atoms with E-state index >= 15 is 0 Å². The standard InChI is InChI=1S/C11H13NO4S/c1-3-16-11(13)8(2)17-10-7-5-4-6-9(10)12(14)15/h4-8H,3H2,1-2H3. The van der Waals surface area contributed by atoms with Gasteiger partial charge in [0.25, 0.3) is 5.69 Å². The first-order valence-corrected chi connectivity index (χ1v) is 6.01. The van der Waals surface area contributed by atoms with Crippen molar-refractivity contribution in [2.24, 2.45) is 0 Å². The van der Waals surface area contributed by atoms with Crippen LogP contribution in [0.15, 0.2) is 29.2 Å². The summed E-state index contributed by atoms with van der Waals surface area (Å²) in [5, 5.41) is 10.3. The molecule has 1 unspecified atom stereocenters. The van der Waals surface area contributed by atoms with Gasteiger partial charge < -0.3 is 4.74 Å². The predicted octanol–water partition coefficient (Wildman–Crippen LogP) is 2.64. The molecule has 0 heterocycles. The van der Waals surface area contributed by atoms with Gasteiger partial charge in [0.2, 0.25) is 0 Å². The van der Waals surface area contributed by atoms with Crippen LogP contribution in [-0.4, -0.2) is 22.7 Å².